The van der Waals surface area contributed by atoms with Gasteiger partial charge in [-0.1, -0.05) is 54.1 Å². The van der Waals surface area contributed by atoms with Crippen LogP contribution in [-0.4, -0.2) is 22.5 Å². The second-order valence-electron chi connectivity index (χ2n) is 5.13. The Morgan fingerprint density at radius 2 is 1.87 bits per heavy atom. The molecular weight excluding hydrogens is 312 g/mol. The van der Waals surface area contributed by atoms with E-state index in [4.69, 9.17) is 11.6 Å². The van der Waals surface area contributed by atoms with E-state index in [9.17, 15) is 9.90 Å². The molecule has 5 heteroatoms. The maximum Gasteiger partial charge on any atom is 0.270 e. The molecule has 116 valence electrons. The summed E-state index contributed by atoms with van der Waals surface area (Å²) in [4.78, 5) is 16.5. The van der Waals surface area contributed by atoms with Gasteiger partial charge in [0.2, 0.25) is 0 Å². The predicted octanol–water partition coefficient (Wildman–Crippen LogP) is 3.35. The van der Waals surface area contributed by atoms with Crippen molar-refractivity contribution in [3.05, 3.63) is 77.1 Å². The number of rotatable bonds is 4. The highest BCUT2D eigenvalue weighted by Crippen LogP contribution is 2.22. The van der Waals surface area contributed by atoms with Gasteiger partial charge in [0.15, 0.2) is 0 Å². The summed E-state index contributed by atoms with van der Waals surface area (Å²) >= 11 is 6.04. The lowest BCUT2D eigenvalue weighted by Crippen LogP contribution is -2.29. The Balaban J connectivity index is 1.75. The van der Waals surface area contributed by atoms with Crippen LogP contribution in [0.5, 0.6) is 0 Å². The van der Waals surface area contributed by atoms with E-state index in [0.29, 0.717) is 16.3 Å². The van der Waals surface area contributed by atoms with Crippen LogP contribution in [0.2, 0.25) is 5.02 Å². The number of carbonyl (C=O) groups is 1. The first-order chi connectivity index (χ1) is 11.2. The first kappa shape index (κ1) is 15.5. The number of amides is 1. The molecule has 1 atom stereocenters. The van der Waals surface area contributed by atoms with Crippen LogP contribution in [0.4, 0.5) is 0 Å². The van der Waals surface area contributed by atoms with E-state index in [1.165, 1.54) is 0 Å². The van der Waals surface area contributed by atoms with Crippen molar-refractivity contribution >= 4 is 28.3 Å². The molecule has 1 heterocycles. The van der Waals surface area contributed by atoms with Crippen LogP contribution in [0, 0.1) is 0 Å². The molecule has 0 aliphatic carbocycles. The molecule has 1 aromatic heterocycles. The zero-order valence-corrected chi connectivity index (χ0v) is 13.0. The van der Waals surface area contributed by atoms with Crippen molar-refractivity contribution in [1.82, 2.24) is 10.3 Å². The minimum atomic E-state index is -0.873. The summed E-state index contributed by atoms with van der Waals surface area (Å²) in [5, 5.41) is 15.1. The van der Waals surface area contributed by atoms with Crippen LogP contribution in [0.3, 0.4) is 0 Å². The number of carbonyl (C=O) groups excluding carboxylic acids is 1. The van der Waals surface area contributed by atoms with Crippen molar-refractivity contribution < 1.29 is 9.90 Å². The minimum absolute atomic E-state index is 0.0630. The largest absolute Gasteiger partial charge is 0.387 e. The Labute approximate surface area is 138 Å². The van der Waals surface area contributed by atoms with Crippen LogP contribution in [0.1, 0.15) is 22.2 Å². The van der Waals surface area contributed by atoms with Crippen molar-refractivity contribution in [2.24, 2.45) is 0 Å². The van der Waals surface area contributed by atoms with Gasteiger partial charge >= 0.3 is 0 Å². The number of aromatic nitrogens is 1. The second kappa shape index (κ2) is 6.77. The quantitative estimate of drug-likeness (QED) is 0.773. The molecule has 0 fully saturated rings. The van der Waals surface area contributed by atoms with Gasteiger partial charge in [0, 0.05) is 28.7 Å². The maximum atomic E-state index is 12.4. The first-order valence-corrected chi connectivity index (χ1v) is 7.59. The van der Waals surface area contributed by atoms with Gasteiger partial charge in [-0.25, -0.2) is 0 Å². The monoisotopic (exact) mass is 326 g/mol. The summed E-state index contributed by atoms with van der Waals surface area (Å²) in [5.41, 5.74) is 0.926. The van der Waals surface area contributed by atoms with Gasteiger partial charge < -0.3 is 10.4 Å². The molecule has 0 spiro atoms. The molecule has 3 aromatic rings. The van der Waals surface area contributed by atoms with Crippen molar-refractivity contribution in [3.8, 4) is 0 Å². The molecule has 0 aliphatic rings. The standard InChI is InChI=1S/C18H15ClN2O2/c19-15-8-4-3-7-14(15)16(22)11-21-18(23)17-13-6-2-1-5-12(13)9-10-20-17/h1-10,16,22H,11H2,(H,21,23). The van der Waals surface area contributed by atoms with Crippen molar-refractivity contribution in [2.75, 3.05) is 6.54 Å². The number of pyridine rings is 1. The molecule has 1 amide bonds. The highest BCUT2D eigenvalue weighted by molar-refractivity contribution is 6.31. The Kier molecular flexibility index (Phi) is 4.55. The Morgan fingerprint density at radius 3 is 2.70 bits per heavy atom. The van der Waals surface area contributed by atoms with E-state index >= 15 is 0 Å². The molecule has 2 N–H and O–H groups in total. The highest BCUT2D eigenvalue weighted by atomic mass is 35.5. The normalized spacial score (nSPS) is 12.1. The molecule has 0 saturated heterocycles. The summed E-state index contributed by atoms with van der Waals surface area (Å²) in [6, 6.07) is 16.4. The highest BCUT2D eigenvalue weighted by Gasteiger charge is 2.15. The fraction of sp³-hybridized carbons (Fsp3) is 0.111. The smallest absolute Gasteiger partial charge is 0.270 e. The summed E-state index contributed by atoms with van der Waals surface area (Å²) < 4.78 is 0. The average molecular weight is 327 g/mol. The second-order valence-corrected chi connectivity index (χ2v) is 5.54. The van der Waals surface area contributed by atoms with E-state index < -0.39 is 6.10 Å². The third-order valence-corrected chi connectivity index (χ3v) is 3.95. The van der Waals surface area contributed by atoms with Gasteiger partial charge in [-0.05, 0) is 17.5 Å². The molecule has 0 radical (unpaired) electrons. The molecular formula is C18H15ClN2O2. The summed E-state index contributed by atoms with van der Waals surface area (Å²) in [7, 11) is 0. The van der Waals surface area contributed by atoms with Crippen LogP contribution in [0.25, 0.3) is 10.8 Å². The number of hydrogen-bond donors (Lipinski definition) is 2. The molecule has 2 aromatic carbocycles. The fourth-order valence-electron chi connectivity index (χ4n) is 2.43. The van der Waals surface area contributed by atoms with Gasteiger partial charge in [-0.2, -0.15) is 0 Å². The van der Waals surface area contributed by atoms with E-state index in [1.54, 1.807) is 30.5 Å². The Morgan fingerprint density at radius 1 is 1.13 bits per heavy atom. The maximum absolute atomic E-state index is 12.4. The summed E-state index contributed by atoms with van der Waals surface area (Å²) in [6.07, 6.45) is 0.726. The summed E-state index contributed by atoms with van der Waals surface area (Å²) in [6.45, 7) is 0.0630. The van der Waals surface area contributed by atoms with Crippen molar-refractivity contribution in [2.45, 2.75) is 6.10 Å². The van der Waals surface area contributed by atoms with Gasteiger partial charge in [-0.3, -0.25) is 9.78 Å². The van der Waals surface area contributed by atoms with Crippen LogP contribution >= 0.6 is 11.6 Å². The first-order valence-electron chi connectivity index (χ1n) is 7.21. The number of nitrogens with zero attached hydrogens (tertiary/aromatic N) is 1. The molecule has 0 aliphatic heterocycles. The SMILES string of the molecule is O=C(NCC(O)c1ccccc1Cl)c1nccc2ccccc12. The van der Waals surface area contributed by atoms with E-state index in [-0.39, 0.29) is 12.5 Å². The number of nitrogens with one attached hydrogen (secondary N) is 1. The van der Waals surface area contributed by atoms with Crippen LogP contribution < -0.4 is 5.32 Å². The van der Waals surface area contributed by atoms with Gasteiger partial charge in [-0.15, -0.1) is 0 Å². The van der Waals surface area contributed by atoms with Crippen LogP contribution in [0.15, 0.2) is 60.8 Å². The molecule has 0 saturated carbocycles. The fourth-order valence-corrected chi connectivity index (χ4v) is 2.69. The molecule has 1 unspecified atom stereocenters. The van der Waals surface area contributed by atoms with Gasteiger partial charge in [0.1, 0.15) is 5.69 Å². The van der Waals surface area contributed by atoms with Gasteiger partial charge in [0.05, 0.1) is 6.10 Å². The lowest BCUT2D eigenvalue weighted by atomic mass is 10.1. The summed E-state index contributed by atoms with van der Waals surface area (Å²) in [5.74, 6) is -0.326. The lowest BCUT2D eigenvalue weighted by Gasteiger charge is -2.14. The van der Waals surface area contributed by atoms with E-state index in [1.807, 2.05) is 30.3 Å². The minimum Gasteiger partial charge on any atom is -0.387 e. The van der Waals surface area contributed by atoms with Crippen molar-refractivity contribution in [1.29, 1.82) is 0 Å². The number of benzene rings is 2. The zero-order chi connectivity index (χ0) is 16.2. The van der Waals surface area contributed by atoms with E-state index in [0.717, 1.165) is 10.8 Å². The Hall–Kier alpha value is -2.43. The zero-order valence-electron chi connectivity index (χ0n) is 12.2. The predicted molar refractivity (Wildman–Crippen MR) is 90.5 cm³/mol. The van der Waals surface area contributed by atoms with Crippen LogP contribution in [-0.2, 0) is 0 Å². The third-order valence-electron chi connectivity index (χ3n) is 3.61. The van der Waals surface area contributed by atoms with E-state index in [2.05, 4.69) is 10.3 Å². The Bertz CT molecular complexity index is 846. The topological polar surface area (TPSA) is 62.2 Å². The average Bonchev–Trinajstić information content (AvgIpc) is 2.59. The van der Waals surface area contributed by atoms with Gasteiger partial charge in [0.25, 0.3) is 5.91 Å². The van der Waals surface area contributed by atoms with Crippen molar-refractivity contribution in [3.63, 3.8) is 0 Å². The number of aliphatic hydroxyl groups is 1. The number of aliphatic hydroxyl groups excluding tert-OH is 1. The number of hydrogen-bond acceptors (Lipinski definition) is 3. The number of fused-ring (bicyclic) bond motifs is 1. The molecule has 23 heavy (non-hydrogen) atoms. The molecule has 3 rings (SSSR count). The molecule has 4 nitrogen and oxygen atoms in total. The number of halogens is 1. The molecule has 0 bridgehead atoms. The lowest BCUT2D eigenvalue weighted by molar-refractivity contribution is 0.0913. The third kappa shape index (κ3) is 3.33.